The zero-order valence-electron chi connectivity index (χ0n) is 14.0. The van der Waals surface area contributed by atoms with Gasteiger partial charge in [0.05, 0.1) is 11.4 Å². The Labute approximate surface area is 144 Å². The van der Waals surface area contributed by atoms with Crippen molar-refractivity contribution in [2.24, 2.45) is 0 Å². The number of aryl methyl sites for hydroxylation is 2. The van der Waals surface area contributed by atoms with E-state index in [1.807, 2.05) is 37.3 Å². The Morgan fingerprint density at radius 2 is 1.92 bits per heavy atom. The van der Waals surface area contributed by atoms with Crippen LogP contribution in [0.2, 0.25) is 0 Å². The Morgan fingerprint density at radius 3 is 2.60 bits per heavy atom. The third-order valence-electron chi connectivity index (χ3n) is 3.87. The van der Waals surface area contributed by atoms with Gasteiger partial charge in [0.25, 0.3) is 5.56 Å². The zero-order chi connectivity index (χ0) is 17.8. The molecular weight excluding hydrogens is 320 g/mol. The van der Waals surface area contributed by atoms with Crippen LogP contribution in [0.15, 0.2) is 51.8 Å². The van der Waals surface area contributed by atoms with E-state index in [0.29, 0.717) is 18.0 Å². The number of rotatable bonds is 5. The molecule has 0 aliphatic heterocycles. The van der Waals surface area contributed by atoms with Crippen molar-refractivity contribution in [1.82, 2.24) is 20.3 Å². The maximum absolute atomic E-state index is 12.2. The second-order valence-corrected chi connectivity index (χ2v) is 5.66. The number of nitrogens with one attached hydrogen (secondary N) is 1. The van der Waals surface area contributed by atoms with Gasteiger partial charge in [0.1, 0.15) is 12.3 Å². The van der Waals surface area contributed by atoms with Crippen molar-refractivity contribution in [3.8, 4) is 11.3 Å². The van der Waals surface area contributed by atoms with Crippen LogP contribution in [-0.2, 0) is 17.9 Å². The summed E-state index contributed by atoms with van der Waals surface area (Å²) in [4.78, 5) is 24.1. The van der Waals surface area contributed by atoms with Crippen molar-refractivity contribution in [2.75, 3.05) is 0 Å². The number of amides is 1. The molecule has 2 aromatic heterocycles. The highest BCUT2D eigenvalue weighted by Gasteiger charge is 2.12. The van der Waals surface area contributed by atoms with Crippen LogP contribution in [0.5, 0.6) is 0 Å². The van der Waals surface area contributed by atoms with Crippen molar-refractivity contribution >= 4 is 5.91 Å². The van der Waals surface area contributed by atoms with E-state index < -0.39 is 0 Å². The number of benzene rings is 1. The van der Waals surface area contributed by atoms with Gasteiger partial charge >= 0.3 is 0 Å². The fourth-order valence-electron chi connectivity index (χ4n) is 2.46. The summed E-state index contributed by atoms with van der Waals surface area (Å²) in [6.07, 6.45) is 0. The molecule has 0 aliphatic carbocycles. The summed E-state index contributed by atoms with van der Waals surface area (Å²) in [6.45, 7) is 3.75. The number of hydrogen-bond donors (Lipinski definition) is 1. The molecule has 7 heteroatoms. The van der Waals surface area contributed by atoms with Crippen LogP contribution >= 0.6 is 0 Å². The number of carbonyl (C=O) groups is 1. The molecule has 0 unspecified atom stereocenters. The maximum atomic E-state index is 12.2. The molecule has 128 valence electrons. The van der Waals surface area contributed by atoms with Gasteiger partial charge in [0.2, 0.25) is 5.91 Å². The smallest absolute Gasteiger partial charge is 0.267 e. The van der Waals surface area contributed by atoms with E-state index in [0.717, 1.165) is 21.5 Å². The predicted octanol–water partition coefficient (Wildman–Crippen LogP) is 1.83. The second kappa shape index (κ2) is 7.12. The molecule has 2 heterocycles. The zero-order valence-corrected chi connectivity index (χ0v) is 14.0. The monoisotopic (exact) mass is 338 g/mol. The lowest BCUT2D eigenvalue weighted by molar-refractivity contribution is -0.122. The summed E-state index contributed by atoms with van der Waals surface area (Å²) in [5.74, 6) is 0.360. The van der Waals surface area contributed by atoms with Crippen molar-refractivity contribution in [3.05, 3.63) is 69.8 Å². The number of hydrogen-bond acceptors (Lipinski definition) is 5. The SMILES string of the molecule is Cc1noc(C)c1CNC(=O)Cn1nc(-c2ccccc2)ccc1=O. The largest absolute Gasteiger partial charge is 0.361 e. The summed E-state index contributed by atoms with van der Waals surface area (Å²) in [5.41, 5.74) is 2.77. The van der Waals surface area contributed by atoms with Crippen molar-refractivity contribution in [1.29, 1.82) is 0 Å². The Morgan fingerprint density at radius 1 is 1.16 bits per heavy atom. The summed E-state index contributed by atoms with van der Waals surface area (Å²) >= 11 is 0. The van der Waals surface area contributed by atoms with Gasteiger partial charge in [-0.15, -0.1) is 0 Å². The van der Waals surface area contributed by atoms with Gasteiger partial charge in [-0.2, -0.15) is 5.10 Å². The lowest BCUT2D eigenvalue weighted by Gasteiger charge is -2.08. The predicted molar refractivity (Wildman–Crippen MR) is 91.8 cm³/mol. The van der Waals surface area contributed by atoms with Crippen LogP contribution in [0.25, 0.3) is 11.3 Å². The Kier molecular flexibility index (Phi) is 4.74. The van der Waals surface area contributed by atoms with Crippen molar-refractivity contribution < 1.29 is 9.32 Å². The highest BCUT2D eigenvalue weighted by Crippen LogP contribution is 2.14. The molecule has 1 amide bonds. The Hall–Kier alpha value is -3.22. The quantitative estimate of drug-likeness (QED) is 0.766. The van der Waals surface area contributed by atoms with E-state index in [2.05, 4.69) is 15.6 Å². The van der Waals surface area contributed by atoms with Crippen LogP contribution in [0, 0.1) is 13.8 Å². The normalized spacial score (nSPS) is 10.6. The molecule has 25 heavy (non-hydrogen) atoms. The molecule has 3 rings (SSSR count). The topological polar surface area (TPSA) is 90.0 Å². The minimum absolute atomic E-state index is 0.150. The van der Waals surface area contributed by atoms with E-state index in [9.17, 15) is 9.59 Å². The van der Waals surface area contributed by atoms with Crippen LogP contribution in [0.1, 0.15) is 17.0 Å². The molecular formula is C18H18N4O3. The molecule has 1 N–H and O–H groups in total. The average molecular weight is 338 g/mol. The number of aromatic nitrogens is 3. The van der Waals surface area contributed by atoms with E-state index in [-0.39, 0.29) is 18.0 Å². The third kappa shape index (κ3) is 3.82. The van der Waals surface area contributed by atoms with Gasteiger partial charge in [0.15, 0.2) is 0 Å². The number of carbonyl (C=O) groups excluding carboxylic acids is 1. The van der Waals surface area contributed by atoms with Gasteiger partial charge < -0.3 is 9.84 Å². The lowest BCUT2D eigenvalue weighted by Crippen LogP contribution is -2.33. The summed E-state index contributed by atoms with van der Waals surface area (Å²) in [5, 5.41) is 10.9. The first kappa shape index (κ1) is 16.6. The van der Waals surface area contributed by atoms with Gasteiger partial charge in [-0.3, -0.25) is 9.59 Å². The van der Waals surface area contributed by atoms with Crippen LogP contribution < -0.4 is 10.9 Å². The summed E-state index contributed by atoms with van der Waals surface area (Å²) in [6, 6.07) is 12.5. The molecule has 0 saturated carbocycles. The van der Waals surface area contributed by atoms with Crippen LogP contribution in [0.4, 0.5) is 0 Å². The fourth-order valence-corrected chi connectivity index (χ4v) is 2.46. The first-order valence-corrected chi connectivity index (χ1v) is 7.86. The standard InChI is InChI=1S/C18H18N4O3/c1-12-15(13(2)25-21-12)10-19-17(23)11-22-18(24)9-8-16(20-22)14-6-4-3-5-7-14/h3-9H,10-11H2,1-2H3,(H,19,23). The van der Waals surface area contributed by atoms with Crippen molar-refractivity contribution in [2.45, 2.75) is 26.9 Å². The highest BCUT2D eigenvalue weighted by molar-refractivity contribution is 5.75. The minimum atomic E-state index is -0.327. The van der Waals surface area contributed by atoms with E-state index in [4.69, 9.17) is 4.52 Å². The van der Waals surface area contributed by atoms with Crippen molar-refractivity contribution in [3.63, 3.8) is 0 Å². The molecule has 0 atom stereocenters. The van der Waals surface area contributed by atoms with E-state index in [1.54, 1.807) is 13.0 Å². The van der Waals surface area contributed by atoms with Crippen LogP contribution in [0.3, 0.4) is 0 Å². The molecule has 0 saturated heterocycles. The van der Waals surface area contributed by atoms with E-state index in [1.165, 1.54) is 6.07 Å². The molecule has 1 aromatic carbocycles. The molecule has 3 aromatic rings. The summed E-state index contributed by atoms with van der Waals surface area (Å²) < 4.78 is 6.22. The molecule has 0 spiro atoms. The first-order valence-electron chi connectivity index (χ1n) is 7.86. The van der Waals surface area contributed by atoms with Gasteiger partial charge in [-0.05, 0) is 19.9 Å². The second-order valence-electron chi connectivity index (χ2n) is 5.66. The Balaban J connectivity index is 1.72. The third-order valence-corrected chi connectivity index (χ3v) is 3.87. The fraction of sp³-hybridized carbons (Fsp3) is 0.222. The first-order chi connectivity index (χ1) is 12.0. The molecule has 0 bridgehead atoms. The number of nitrogens with zero attached hydrogens (tertiary/aromatic N) is 3. The van der Waals surface area contributed by atoms with Gasteiger partial charge in [-0.1, -0.05) is 35.5 Å². The van der Waals surface area contributed by atoms with Gasteiger partial charge in [0, 0.05) is 23.7 Å². The Bertz CT molecular complexity index is 925. The molecule has 0 aliphatic rings. The highest BCUT2D eigenvalue weighted by atomic mass is 16.5. The van der Waals surface area contributed by atoms with Crippen LogP contribution in [-0.4, -0.2) is 20.8 Å². The maximum Gasteiger partial charge on any atom is 0.267 e. The lowest BCUT2D eigenvalue weighted by atomic mass is 10.1. The van der Waals surface area contributed by atoms with E-state index >= 15 is 0 Å². The minimum Gasteiger partial charge on any atom is -0.361 e. The summed E-state index contributed by atoms with van der Waals surface area (Å²) in [7, 11) is 0. The average Bonchev–Trinajstić information content (AvgIpc) is 2.94. The van der Waals surface area contributed by atoms with Gasteiger partial charge in [-0.25, -0.2) is 4.68 Å². The molecule has 0 fully saturated rings. The molecule has 0 radical (unpaired) electrons. The molecule has 7 nitrogen and oxygen atoms in total.